The van der Waals surface area contributed by atoms with Crippen molar-refractivity contribution in [3.05, 3.63) is 51.9 Å². The van der Waals surface area contributed by atoms with E-state index in [0.717, 1.165) is 17.3 Å². The maximum absolute atomic E-state index is 12.3. The number of carbonyl (C=O) groups is 2. The van der Waals surface area contributed by atoms with E-state index in [1.807, 2.05) is 30.5 Å². The van der Waals surface area contributed by atoms with Gasteiger partial charge in [0.25, 0.3) is 5.56 Å². The van der Waals surface area contributed by atoms with Gasteiger partial charge in [-0.3, -0.25) is 14.4 Å². The van der Waals surface area contributed by atoms with Crippen molar-refractivity contribution in [3.63, 3.8) is 0 Å². The number of rotatable bonds is 8. The number of hydrogen-bond acceptors (Lipinski definition) is 7. The van der Waals surface area contributed by atoms with Gasteiger partial charge in [-0.15, -0.1) is 11.8 Å². The minimum absolute atomic E-state index is 0.0880. The summed E-state index contributed by atoms with van der Waals surface area (Å²) in [5.41, 5.74) is 0.976. The molecule has 1 heterocycles. The Balaban J connectivity index is 1.93. The van der Waals surface area contributed by atoms with Crippen LogP contribution in [-0.2, 0) is 27.3 Å². The van der Waals surface area contributed by atoms with E-state index in [0.29, 0.717) is 17.4 Å². The van der Waals surface area contributed by atoms with Gasteiger partial charge < -0.3 is 14.6 Å². The first-order valence-corrected chi connectivity index (χ1v) is 10.3. The molecule has 1 aromatic heterocycles. The van der Waals surface area contributed by atoms with Crippen LogP contribution in [0.1, 0.15) is 11.3 Å². The minimum Gasteiger partial charge on any atom is -0.469 e. The lowest BCUT2D eigenvalue weighted by molar-refractivity contribution is -0.139. The molecule has 0 saturated heterocycles. The van der Waals surface area contributed by atoms with Gasteiger partial charge in [0.2, 0.25) is 5.91 Å². The number of ether oxygens (including phenoxy) is 1. The number of methoxy groups -OCH3 is 1. The highest BCUT2D eigenvalue weighted by atomic mass is 32.2. The number of thioether (sulfide) groups is 2. The summed E-state index contributed by atoms with van der Waals surface area (Å²) in [5.74, 6) is -0.438. The lowest BCUT2D eigenvalue weighted by Gasteiger charge is -2.17. The van der Waals surface area contributed by atoms with Gasteiger partial charge in [0, 0.05) is 24.6 Å². The average molecular weight is 408 g/mol. The number of benzene rings is 1. The summed E-state index contributed by atoms with van der Waals surface area (Å²) in [5, 5.41) is 0.299. The van der Waals surface area contributed by atoms with Crippen LogP contribution < -0.4 is 5.56 Å². The van der Waals surface area contributed by atoms with E-state index in [1.54, 1.807) is 23.7 Å². The third-order valence-electron chi connectivity index (χ3n) is 3.66. The molecule has 1 N–H and O–H groups in total. The molecule has 0 aliphatic rings. The molecule has 0 aliphatic carbocycles. The highest BCUT2D eigenvalue weighted by Crippen LogP contribution is 2.17. The SMILES string of the molecule is COC(=O)Cc1cc(=O)[nH]c(SCC(=O)N(C)Cc2ccc(SC)cc2)n1. The van der Waals surface area contributed by atoms with E-state index in [2.05, 4.69) is 14.7 Å². The van der Waals surface area contributed by atoms with Gasteiger partial charge in [0.15, 0.2) is 5.16 Å². The zero-order valence-corrected chi connectivity index (χ0v) is 17.0. The second-order valence-electron chi connectivity index (χ2n) is 5.68. The molecule has 0 saturated carbocycles. The van der Waals surface area contributed by atoms with Crippen LogP contribution >= 0.6 is 23.5 Å². The van der Waals surface area contributed by atoms with Crippen molar-refractivity contribution in [3.8, 4) is 0 Å². The highest BCUT2D eigenvalue weighted by molar-refractivity contribution is 7.99. The molecule has 2 aromatic rings. The molecule has 1 amide bonds. The van der Waals surface area contributed by atoms with Crippen LogP contribution in [0.2, 0.25) is 0 Å². The van der Waals surface area contributed by atoms with E-state index < -0.39 is 5.97 Å². The fraction of sp³-hybridized carbons (Fsp3) is 0.333. The average Bonchev–Trinajstić information content (AvgIpc) is 2.66. The molecule has 0 bridgehead atoms. The summed E-state index contributed by atoms with van der Waals surface area (Å²) < 4.78 is 4.57. The normalized spacial score (nSPS) is 10.5. The first-order valence-electron chi connectivity index (χ1n) is 8.08. The topological polar surface area (TPSA) is 92.4 Å². The Kier molecular flexibility index (Phi) is 7.93. The van der Waals surface area contributed by atoms with Crippen LogP contribution in [0.3, 0.4) is 0 Å². The molecule has 0 radical (unpaired) electrons. The maximum atomic E-state index is 12.3. The lowest BCUT2D eigenvalue weighted by atomic mass is 10.2. The first-order chi connectivity index (χ1) is 12.9. The van der Waals surface area contributed by atoms with Crippen molar-refractivity contribution in [2.75, 3.05) is 26.2 Å². The quantitative estimate of drug-likeness (QED) is 0.406. The van der Waals surface area contributed by atoms with E-state index in [1.165, 1.54) is 18.1 Å². The van der Waals surface area contributed by atoms with Crippen molar-refractivity contribution in [2.24, 2.45) is 0 Å². The van der Waals surface area contributed by atoms with Gasteiger partial charge in [0.05, 0.1) is 25.0 Å². The third-order valence-corrected chi connectivity index (χ3v) is 5.26. The zero-order chi connectivity index (χ0) is 19.8. The van der Waals surface area contributed by atoms with Gasteiger partial charge in [-0.05, 0) is 24.0 Å². The Morgan fingerprint density at radius 1 is 1.26 bits per heavy atom. The smallest absolute Gasteiger partial charge is 0.311 e. The van der Waals surface area contributed by atoms with Crippen molar-refractivity contribution in [2.45, 2.75) is 23.0 Å². The molecular formula is C18H21N3O4S2. The molecule has 0 spiro atoms. The molecule has 27 heavy (non-hydrogen) atoms. The number of nitrogens with zero attached hydrogens (tertiary/aromatic N) is 2. The third kappa shape index (κ3) is 6.76. The van der Waals surface area contributed by atoms with Crippen molar-refractivity contribution >= 4 is 35.4 Å². The number of amides is 1. The van der Waals surface area contributed by atoms with E-state index in [-0.39, 0.29) is 23.6 Å². The monoisotopic (exact) mass is 407 g/mol. The first kappa shape index (κ1) is 21.0. The number of esters is 1. The number of H-pyrrole nitrogens is 1. The van der Waals surface area contributed by atoms with E-state index >= 15 is 0 Å². The van der Waals surface area contributed by atoms with Gasteiger partial charge >= 0.3 is 5.97 Å². The Morgan fingerprint density at radius 2 is 1.96 bits per heavy atom. The summed E-state index contributed by atoms with van der Waals surface area (Å²) in [4.78, 5) is 44.9. The van der Waals surface area contributed by atoms with Gasteiger partial charge in [-0.1, -0.05) is 23.9 Å². The Labute approximate surface area is 165 Å². The zero-order valence-electron chi connectivity index (χ0n) is 15.4. The van der Waals surface area contributed by atoms with E-state index in [4.69, 9.17) is 0 Å². The summed E-state index contributed by atoms with van der Waals surface area (Å²) in [7, 11) is 3.00. The van der Waals surface area contributed by atoms with Gasteiger partial charge in [-0.2, -0.15) is 0 Å². The summed E-state index contributed by atoms with van der Waals surface area (Å²) in [6, 6.07) is 9.28. The van der Waals surface area contributed by atoms with Crippen LogP contribution in [0.15, 0.2) is 45.2 Å². The summed E-state index contributed by atoms with van der Waals surface area (Å²) in [6.07, 6.45) is 1.92. The van der Waals surface area contributed by atoms with Gasteiger partial charge in [0.1, 0.15) is 0 Å². The molecule has 0 aliphatic heterocycles. The fourth-order valence-electron chi connectivity index (χ4n) is 2.20. The number of aromatic amines is 1. The Morgan fingerprint density at radius 3 is 2.59 bits per heavy atom. The maximum Gasteiger partial charge on any atom is 0.311 e. The highest BCUT2D eigenvalue weighted by Gasteiger charge is 2.13. The Hall–Kier alpha value is -2.26. The second-order valence-corrected chi connectivity index (χ2v) is 7.53. The predicted molar refractivity (Wildman–Crippen MR) is 106 cm³/mol. The van der Waals surface area contributed by atoms with Gasteiger partial charge in [-0.25, -0.2) is 4.98 Å². The molecule has 144 valence electrons. The number of nitrogens with one attached hydrogen (secondary N) is 1. The van der Waals surface area contributed by atoms with Crippen molar-refractivity contribution < 1.29 is 14.3 Å². The molecular weight excluding hydrogens is 386 g/mol. The molecule has 0 fully saturated rings. The lowest BCUT2D eigenvalue weighted by Crippen LogP contribution is -2.28. The second kappa shape index (κ2) is 10.2. The largest absolute Gasteiger partial charge is 0.469 e. The standard InChI is InChI=1S/C18H21N3O4S2/c1-21(10-12-4-6-14(26-3)7-5-12)16(23)11-27-18-19-13(8-15(22)20-18)9-17(24)25-2/h4-8H,9-11H2,1-3H3,(H,19,20,22). The molecule has 9 heteroatoms. The molecule has 0 unspecified atom stereocenters. The van der Waals surface area contributed by atoms with Crippen LogP contribution in [-0.4, -0.2) is 52.9 Å². The summed E-state index contributed by atoms with van der Waals surface area (Å²) in [6.45, 7) is 0.500. The van der Waals surface area contributed by atoms with Crippen LogP contribution in [0.4, 0.5) is 0 Å². The van der Waals surface area contributed by atoms with E-state index in [9.17, 15) is 14.4 Å². The van der Waals surface area contributed by atoms with Crippen molar-refractivity contribution in [1.82, 2.24) is 14.9 Å². The minimum atomic E-state index is -0.479. The molecule has 1 aromatic carbocycles. The number of hydrogen-bond donors (Lipinski definition) is 1. The number of aromatic nitrogens is 2. The summed E-state index contributed by atoms with van der Waals surface area (Å²) >= 11 is 2.79. The Bertz CT molecular complexity index is 852. The predicted octanol–water partition coefficient (Wildman–Crippen LogP) is 1.96. The van der Waals surface area contributed by atoms with Crippen LogP contribution in [0.5, 0.6) is 0 Å². The molecule has 0 atom stereocenters. The molecule has 7 nitrogen and oxygen atoms in total. The van der Waals surface area contributed by atoms with Crippen LogP contribution in [0.25, 0.3) is 0 Å². The number of carbonyl (C=O) groups excluding carboxylic acids is 2. The van der Waals surface area contributed by atoms with Crippen molar-refractivity contribution in [1.29, 1.82) is 0 Å². The fourth-order valence-corrected chi connectivity index (χ4v) is 3.44. The van der Waals surface area contributed by atoms with Crippen LogP contribution in [0, 0.1) is 0 Å². The molecule has 2 rings (SSSR count).